The summed E-state index contributed by atoms with van der Waals surface area (Å²) in [6.45, 7) is 0.0555. The summed E-state index contributed by atoms with van der Waals surface area (Å²) in [4.78, 5) is 1.09. The Kier molecular flexibility index (Phi) is 4.87. The van der Waals surface area contributed by atoms with E-state index in [9.17, 15) is 13.5 Å². The van der Waals surface area contributed by atoms with Crippen LogP contribution in [-0.2, 0) is 22.9 Å². The second kappa shape index (κ2) is 6.73. The Hall–Kier alpha value is -1.21. The number of sulfonamides is 1. The van der Waals surface area contributed by atoms with Crippen molar-refractivity contribution < 1.29 is 13.5 Å². The maximum Gasteiger partial charge on any atom is 0.242 e. The van der Waals surface area contributed by atoms with Crippen LogP contribution >= 0.6 is 11.3 Å². The minimum atomic E-state index is -3.58. The first-order valence-electron chi connectivity index (χ1n) is 7.78. The number of benzene rings is 1. The van der Waals surface area contributed by atoms with Gasteiger partial charge in [0.05, 0.1) is 4.90 Å². The Morgan fingerprint density at radius 2 is 1.96 bits per heavy atom. The Balaban J connectivity index is 1.80. The van der Waals surface area contributed by atoms with E-state index in [4.69, 9.17) is 0 Å². The van der Waals surface area contributed by atoms with Crippen LogP contribution < -0.4 is 0 Å². The van der Waals surface area contributed by atoms with Crippen molar-refractivity contribution in [3.05, 3.63) is 51.7 Å². The molecular formula is C17H21NO3S2. The standard InChI is InChI=1S/C17H21NO3S2/c1-18(12-16(19)17-7-4-10-22-17)23(20,21)15-9-8-13-5-2-3-6-14(13)11-15/h4,7-11,16,19H,2-3,5-6,12H2,1H3. The van der Waals surface area contributed by atoms with Crippen LogP contribution in [0.2, 0.25) is 0 Å². The van der Waals surface area contributed by atoms with E-state index >= 15 is 0 Å². The fourth-order valence-electron chi connectivity index (χ4n) is 2.96. The van der Waals surface area contributed by atoms with Gasteiger partial charge in [-0.25, -0.2) is 8.42 Å². The van der Waals surface area contributed by atoms with Gasteiger partial charge in [-0.05, 0) is 60.4 Å². The zero-order valence-electron chi connectivity index (χ0n) is 13.1. The maximum absolute atomic E-state index is 12.7. The fourth-order valence-corrected chi connectivity index (χ4v) is 4.89. The highest BCUT2D eigenvalue weighted by Gasteiger charge is 2.25. The number of nitrogens with zero attached hydrogens (tertiary/aromatic N) is 1. The molecule has 2 aromatic rings. The highest BCUT2D eigenvalue weighted by Crippen LogP contribution is 2.26. The second-order valence-electron chi connectivity index (χ2n) is 5.95. The molecule has 1 unspecified atom stereocenters. The molecule has 0 fully saturated rings. The number of likely N-dealkylation sites (N-methyl/N-ethyl adjacent to an activating group) is 1. The topological polar surface area (TPSA) is 57.6 Å². The molecule has 1 N–H and O–H groups in total. The number of fused-ring (bicyclic) bond motifs is 1. The first-order chi connectivity index (χ1) is 11.0. The lowest BCUT2D eigenvalue weighted by Gasteiger charge is -2.22. The third kappa shape index (κ3) is 3.50. The minimum Gasteiger partial charge on any atom is -0.386 e. The zero-order chi connectivity index (χ0) is 16.4. The molecule has 1 aromatic carbocycles. The third-order valence-electron chi connectivity index (χ3n) is 4.33. The number of hydrogen-bond donors (Lipinski definition) is 1. The van der Waals surface area contributed by atoms with Crippen molar-refractivity contribution in [2.45, 2.75) is 36.7 Å². The molecule has 4 nitrogen and oxygen atoms in total. The number of rotatable bonds is 5. The predicted molar refractivity (Wildman–Crippen MR) is 92.2 cm³/mol. The first-order valence-corrected chi connectivity index (χ1v) is 10.1. The smallest absolute Gasteiger partial charge is 0.242 e. The van der Waals surface area contributed by atoms with E-state index in [1.807, 2.05) is 23.6 Å². The van der Waals surface area contributed by atoms with E-state index in [0.29, 0.717) is 4.90 Å². The molecule has 0 amide bonds. The SMILES string of the molecule is CN(CC(O)c1cccs1)S(=O)(=O)c1ccc2c(c1)CCCC2. The van der Waals surface area contributed by atoms with Crippen molar-refractivity contribution in [2.75, 3.05) is 13.6 Å². The van der Waals surface area contributed by atoms with Crippen LogP contribution in [0, 0.1) is 0 Å². The number of aliphatic hydroxyl groups excluding tert-OH is 1. The Labute approximate surface area is 141 Å². The van der Waals surface area contributed by atoms with Crippen molar-refractivity contribution in [3.8, 4) is 0 Å². The van der Waals surface area contributed by atoms with Crippen LogP contribution in [0.3, 0.4) is 0 Å². The number of thiophene rings is 1. The predicted octanol–water partition coefficient (Wildman–Crippen LogP) is 2.98. The van der Waals surface area contributed by atoms with Gasteiger partial charge in [-0.1, -0.05) is 12.1 Å². The summed E-state index contributed by atoms with van der Waals surface area (Å²) in [5.41, 5.74) is 2.40. The third-order valence-corrected chi connectivity index (χ3v) is 7.12. The van der Waals surface area contributed by atoms with E-state index in [2.05, 4.69) is 0 Å². The number of aliphatic hydroxyl groups is 1. The van der Waals surface area contributed by atoms with E-state index in [0.717, 1.165) is 29.7 Å². The molecule has 0 radical (unpaired) electrons. The van der Waals surface area contributed by atoms with E-state index < -0.39 is 16.1 Å². The van der Waals surface area contributed by atoms with Crippen LogP contribution in [0.1, 0.15) is 34.9 Å². The van der Waals surface area contributed by atoms with Crippen LogP contribution in [0.4, 0.5) is 0 Å². The van der Waals surface area contributed by atoms with Crippen LogP contribution in [0.25, 0.3) is 0 Å². The molecule has 0 saturated heterocycles. The number of hydrogen-bond acceptors (Lipinski definition) is 4. The second-order valence-corrected chi connectivity index (χ2v) is 8.98. The summed E-state index contributed by atoms with van der Waals surface area (Å²) >= 11 is 1.43. The van der Waals surface area contributed by atoms with Gasteiger partial charge in [-0.2, -0.15) is 4.31 Å². The highest BCUT2D eigenvalue weighted by molar-refractivity contribution is 7.89. The Bertz CT molecular complexity index is 769. The molecule has 6 heteroatoms. The molecule has 0 aliphatic heterocycles. The lowest BCUT2D eigenvalue weighted by atomic mass is 9.92. The summed E-state index contributed by atoms with van der Waals surface area (Å²) in [7, 11) is -2.06. The molecule has 0 spiro atoms. The molecule has 0 saturated carbocycles. The first kappa shape index (κ1) is 16.6. The Morgan fingerprint density at radius 1 is 1.22 bits per heavy atom. The monoisotopic (exact) mass is 351 g/mol. The van der Waals surface area contributed by atoms with Crippen molar-refractivity contribution in [1.29, 1.82) is 0 Å². The van der Waals surface area contributed by atoms with Gasteiger partial charge in [-0.15, -0.1) is 11.3 Å². The molecule has 3 rings (SSSR count). The van der Waals surface area contributed by atoms with Crippen LogP contribution in [-0.4, -0.2) is 31.4 Å². The Morgan fingerprint density at radius 3 is 2.65 bits per heavy atom. The summed E-state index contributed by atoms with van der Waals surface area (Å²) in [6.07, 6.45) is 3.46. The van der Waals surface area contributed by atoms with Gasteiger partial charge in [0.1, 0.15) is 6.10 Å². The largest absolute Gasteiger partial charge is 0.386 e. The molecule has 23 heavy (non-hydrogen) atoms. The minimum absolute atomic E-state index is 0.0555. The molecule has 1 aliphatic carbocycles. The fraction of sp³-hybridized carbons (Fsp3) is 0.412. The van der Waals surface area contributed by atoms with E-state index in [1.54, 1.807) is 12.1 Å². The van der Waals surface area contributed by atoms with E-state index in [1.165, 1.54) is 34.7 Å². The number of aryl methyl sites for hydroxylation is 2. The average molecular weight is 351 g/mol. The van der Waals surface area contributed by atoms with Crippen LogP contribution in [0.15, 0.2) is 40.6 Å². The van der Waals surface area contributed by atoms with Gasteiger partial charge in [-0.3, -0.25) is 0 Å². The van der Waals surface area contributed by atoms with Crippen molar-refractivity contribution in [3.63, 3.8) is 0 Å². The molecular weight excluding hydrogens is 330 g/mol. The van der Waals surface area contributed by atoms with Crippen molar-refractivity contribution >= 4 is 21.4 Å². The highest BCUT2D eigenvalue weighted by atomic mass is 32.2. The van der Waals surface area contributed by atoms with Gasteiger partial charge >= 0.3 is 0 Å². The molecule has 0 bridgehead atoms. The summed E-state index contributed by atoms with van der Waals surface area (Å²) < 4.78 is 26.7. The lowest BCUT2D eigenvalue weighted by molar-refractivity contribution is 0.158. The molecule has 124 valence electrons. The quantitative estimate of drug-likeness (QED) is 0.901. The lowest BCUT2D eigenvalue weighted by Crippen LogP contribution is -2.31. The van der Waals surface area contributed by atoms with Gasteiger partial charge in [0, 0.05) is 18.5 Å². The maximum atomic E-state index is 12.7. The summed E-state index contributed by atoms with van der Waals surface area (Å²) in [5, 5.41) is 12.1. The van der Waals surface area contributed by atoms with Gasteiger partial charge < -0.3 is 5.11 Å². The molecule has 1 atom stereocenters. The summed E-state index contributed by atoms with van der Waals surface area (Å²) in [6, 6.07) is 9.09. The molecule has 1 aliphatic rings. The normalized spacial score (nSPS) is 16.3. The van der Waals surface area contributed by atoms with Crippen molar-refractivity contribution in [1.82, 2.24) is 4.31 Å². The van der Waals surface area contributed by atoms with E-state index in [-0.39, 0.29) is 6.54 Å². The van der Waals surface area contributed by atoms with Gasteiger partial charge in [0.25, 0.3) is 0 Å². The average Bonchev–Trinajstić information content (AvgIpc) is 3.08. The molecule has 1 aromatic heterocycles. The zero-order valence-corrected chi connectivity index (χ0v) is 14.7. The van der Waals surface area contributed by atoms with Gasteiger partial charge in [0.2, 0.25) is 10.0 Å². The summed E-state index contributed by atoms with van der Waals surface area (Å²) in [5.74, 6) is 0. The van der Waals surface area contributed by atoms with Crippen molar-refractivity contribution in [2.24, 2.45) is 0 Å². The molecule has 1 heterocycles. The van der Waals surface area contributed by atoms with Gasteiger partial charge in [0.15, 0.2) is 0 Å². The van der Waals surface area contributed by atoms with Crippen LogP contribution in [0.5, 0.6) is 0 Å².